The number of anilines is 6. The Hall–Kier alpha value is -4.24. The number of methoxy groups -OCH3 is 1. The summed E-state index contributed by atoms with van der Waals surface area (Å²) in [6, 6.07) is 6.81. The third-order valence-electron chi connectivity index (χ3n) is 7.93. The van der Waals surface area contributed by atoms with Crippen molar-refractivity contribution in [3.63, 3.8) is 0 Å². The lowest BCUT2D eigenvalue weighted by molar-refractivity contribution is -0.137. The lowest BCUT2D eigenvalue weighted by Gasteiger charge is -2.34. The van der Waals surface area contributed by atoms with Crippen LogP contribution in [0.5, 0.6) is 0 Å². The number of piperazine rings is 1. The number of nitrogens with one attached hydrogen (secondary N) is 3. The second kappa shape index (κ2) is 14.0. The molecule has 3 aromatic rings. The van der Waals surface area contributed by atoms with E-state index in [1.807, 2.05) is 25.8 Å². The van der Waals surface area contributed by atoms with Crippen LogP contribution in [0, 0.1) is 0 Å². The molecule has 46 heavy (non-hydrogen) atoms. The minimum absolute atomic E-state index is 0.0324. The number of piperidine rings is 1. The molecule has 2 aromatic heterocycles. The molecule has 0 bridgehead atoms. The maximum Gasteiger partial charge on any atom is 0.416 e. The minimum atomic E-state index is -4.59. The number of alkyl halides is 4. The quantitative estimate of drug-likeness (QED) is 0.275. The second-order valence-electron chi connectivity index (χ2n) is 11.8. The standard InChI is InChI=1S/C31H39F4N9O2/c1-19(2)38-25-16-28(40-27-5-7-36-30(41-27)44-8-6-26(46-4)24(32)18-44)37-17-23(25)29(45)39-21-13-20(31(33,34)35)14-22(15-21)43-11-9-42(3)10-12-43/h5,7,13-17,19,24,26H,6,8-12,18H2,1-4H3,(H,39,45)(H2,36,37,38,40,41)/t24-,26+/m1/s1. The number of nitrogens with zero attached hydrogens (tertiary/aromatic N) is 6. The Kier molecular flexibility index (Phi) is 10.1. The summed E-state index contributed by atoms with van der Waals surface area (Å²) in [5, 5.41) is 8.97. The van der Waals surface area contributed by atoms with E-state index < -0.39 is 29.9 Å². The Morgan fingerprint density at radius 3 is 2.46 bits per heavy atom. The summed E-state index contributed by atoms with van der Waals surface area (Å²) in [6.45, 7) is 7.01. The molecule has 2 fully saturated rings. The van der Waals surface area contributed by atoms with Gasteiger partial charge in [0.2, 0.25) is 5.95 Å². The van der Waals surface area contributed by atoms with Crippen LogP contribution in [-0.4, -0.2) is 97.5 Å². The number of carbonyl (C=O) groups excluding carboxylic acids is 1. The Morgan fingerprint density at radius 1 is 1.02 bits per heavy atom. The van der Waals surface area contributed by atoms with E-state index in [0.717, 1.165) is 25.2 Å². The predicted octanol–water partition coefficient (Wildman–Crippen LogP) is 5.02. The van der Waals surface area contributed by atoms with Crippen molar-refractivity contribution in [2.24, 2.45) is 0 Å². The maximum absolute atomic E-state index is 14.5. The number of likely N-dealkylation sites (N-methyl/N-ethyl adjacent to an activating group) is 1. The van der Waals surface area contributed by atoms with Crippen LogP contribution in [0.1, 0.15) is 36.2 Å². The van der Waals surface area contributed by atoms with Gasteiger partial charge >= 0.3 is 6.18 Å². The smallest absolute Gasteiger partial charge is 0.382 e. The summed E-state index contributed by atoms with van der Waals surface area (Å²) in [7, 11) is 3.46. The van der Waals surface area contributed by atoms with E-state index >= 15 is 0 Å². The molecule has 0 aliphatic carbocycles. The van der Waals surface area contributed by atoms with Crippen LogP contribution in [0.15, 0.2) is 42.7 Å². The summed E-state index contributed by atoms with van der Waals surface area (Å²) in [5.41, 5.74) is 0.158. The monoisotopic (exact) mass is 645 g/mol. The topological polar surface area (TPSA) is 111 Å². The molecule has 0 saturated carbocycles. The molecule has 15 heteroatoms. The number of halogens is 4. The Balaban J connectivity index is 1.36. The molecule has 4 heterocycles. The van der Waals surface area contributed by atoms with E-state index in [9.17, 15) is 22.4 Å². The average molecular weight is 646 g/mol. The molecule has 1 aromatic carbocycles. The molecule has 1 amide bonds. The number of ether oxygens (including phenoxy) is 1. The molecule has 2 aliphatic heterocycles. The number of amides is 1. The lowest BCUT2D eigenvalue weighted by Crippen LogP contribution is -2.46. The first kappa shape index (κ1) is 33.1. The molecule has 5 rings (SSSR count). The summed E-state index contributed by atoms with van der Waals surface area (Å²) in [5.74, 6) is 0.517. The Labute approximate surface area is 265 Å². The van der Waals surface area contributed by atoms with Gasteiger partial charge in [0.25, 0.3) is 5.91 Å². The van der Waals surface area contributed by atoms with E-state index in [0.29, 0.717) is 55.0 Å². The van der Waals surface area contributed by atoms with Gasteiger partial charge in [-0.2, -0.15) is 18.2 Å². The van der Waals surface area contributed by atoms with Crippen molar-refractivity contribution in [3.8, 4) is 0 Å². The molecule has 2 saturated heterocycles. The van der Waals surface area contributed by atoms with Gasteiger partial charge in [0.05, 0.1) is 29.5 Å². The Morgan fingerprint density at radius 2 is 1.78 bits per heavy atom. The van der Waals surface area contributed by atoms with Crippen molar-refractivity contribution in [1.29, 1.82) is 0 Å². The summed E-state index contributed by atoms with van der Waals surface area (Å²) >= 11 is 0. The van der Waals surface area contributed by atoms with Crippen molar-refractivity contribution in [3.05, 3.63) is 53.9 Å². The highest BCUT2D eigenvalue weighted by Gasteiger charge is 2.33. The zero-order chi connectivity index (χ0) is 33.0. The fraction of sp³-hybridized carbons (Fsp3) is 0.484. The van der Waals surface area contributed by atoms with Crippen LogP contribution < -0.4 is 25.8 Å². The molecular weight excluding hydrogens is 606 g/mol. The number of aromatic nitrogens is 3. The molecule has 3 N–H and O–H groups in total. The fourth-order valence-corrected chi connectivity index (χ4v) is 5.46. The number of hydrogen-bond donors (Lipinski definition) is 3. The van der Waals surface area contributed by atoms with Gasteiger partial charge < -0.3 is 35.4 Å². The summed E-state index contributed by atoms with van der Waals surface area (Å²) in [4.78, 5) is 32.4. The van der Waals surface area contributed by atoms with E-state index in [2.05, 4.69) is 35.8 Å². The van der Waals surface area contributed by atoms with Crippen LogP contribution in [0.2, 0.25) is 0 Å². The van der Waals surface area contributed by atoms with E-state index in [1.165, 1.54) is 13.3 Å². The van der Waals surface area contributed by atoms with Gasteiger partial charge in [-0.25, -0.2) is 14.4 Å². The highest BCUT2D eigenvalue weighted by Crippen LogP contribution is 2.35. The lowest BCUT2D eigenvalue weighted by atomic mass is 10.1. The predicted molar refractivity (Wildman–Crippen MR) is 170 cm³/mol. The van der Waals surface area contributed by atoms with Gasteiger partial charge in [-0.15, -0.1) is 0 Å². The number of hydrogen-bond acceptors (Lipinski definition) is 10. The first-order chi connectivity index (χ1) is 21.9. The zero-order valence-electron chi connectivity index (χ0n) is 26.2. The third kappa shape index (κ3) is 8.12. The normalized spacial score (nSPS) is 19.3. The molecule has 0 radical (unpaired) electrons. The number of benzene rings is 1. The highest BCUT2D eigenvalue weighted by molar-refractivity contribution is 6.08. The average Bonchev–Trinajstić information content (AvgIpc) is 3.00. The van der Waals surface area contributed by atoms with Crippen molar-refractivity contribution in [1.82, 2.24) is 19.9 Å². The number of pyridine rings is 1. The molecular formula is C31H39F4N9O2. The highest BCUT2D eigenvalue weighted by atomic mass is 19.4. The van der Waals surface area contributed by atoms with E-state index in [-0.39, 0.29) is 23.8 Å². The zero-order valence-corrected chi connectivity index (χ0v) is 26.2. The van der Waals surface area contributed by atoms with Crippen molar-refractivity contribution in [2.45, 2.75) is 44.8 Å². The summed E-state index contributed by atoms with van der Waals surface area (Å²) < 4.78 is 61.2. The summed E-state index contributed by atoms with van der Waals surface area (Å²) in [6.07, 6.45) is -2.80. The van der Waals surface area contributed by atoms with Gasteiger partial charge in [-0.1, -0.05) is 0 Å². The molecule has 11 nitrogen and oxygen atoms in total. The van der Waals surface area contributed by atoms with Crippen LogP contribution in [-0.2, 0) is 10.9 Å². The van der Waals surface area contributed by atoms with Crippen LogP contribution in [0.25, 0.3) is 0 Å². The third-order valence-corrected chi connectivity index (χ3v) is 7.93. The van der Waals surface area contributed by atoms with Crippen LogP contribution in [0.3, 0.4) is 0 Å². The van der Waals surface area contributed by atoms with E-state index in [1.54, 1.807) is 29.3 Å². The first-order valence-corrected chi connectivity index (χ1v) is 15.1. The Bertz CT molecular complexity index is 1520. The maximum atomic E-state index is 14.5. The van der Waals surface area contributed by atoms with Gasteiger partial charge in [0.1, 0.15) is 17.8 Å². The molecule has 0 unspecified atom stereocenters. The van der Waals surface area contributed by atoms with Crippen molar-refractivity contribution in [2.75, 3.05) is 79.2 Å². The SMILES string of the molecule is CO[C@H]1CCN(c2nccc(Nc3cc(NC(C)C)c(C(=O)Nc4cc(N5CCN(C)CC5)cc(C(F)(F)F)c4)cn3)n2)C[C@H]1F. The van der Waals surface area contributed by atoms with Crippen molar-refractivity contribution >= 4 is 40.6 Å². The molecule has 2 atom stereocenters. The van der Waals surface area contributed by atoms with Crippen LogP contribution >= 0.6 is 0 Å². The first-order valence-electron chi connectivity index (χ1n) is 15.1. The second-order valence-corrected chi connectivity index (χ2v) is 11.8. The molecule has 2 aliphatic rings. The number of rotatable bonds is 9. The van der Waals surface area contributed by atoms with Gasteiger partial charge in [-0.3, -0.25) is 4.79 Å². The minimum Gasteiger partial charge on any atom is -0.382 e. The fourth-order valence-electron chi connectivity index (χ4n) is 5.46. The van der Waals surface area contributed by atoms with Crippen molar-refractivity contribution < 1.29 is 27.1 Å². The van der Waals surface area contributed by atoms with Gasteiger partial charge in [0, 0.05) is 75.7 Å². The van der Waals surface area contributed by atoms with Crippen LogP contribution in [0.4, 0.5) is 52.2 Å². The van der Waals surface area contributed by atoms with Gasteiger partial charge in [-0.05, 0) is 51.6 Å². The molecule has 0 spiro atoms. The largest absolute Gasteiger partial charge is 0.416 e. The van der Waals surface area contributed by atoms with E-state index in [4.69, 9.17) is 4.74 Å². The van der Waals surface area contributed by atoms with Gasteiger partial charge in [0.15, 0.2) is 0 Å². The number of carbonyl (C=O) groups is 1. The molecule has 248 valence electrons.